The molecule has 0 saturated carbocycles. The number of rotatable bonds is 4. The zero-order chi connectivity index (χ0) is 11.2. The van der Waals surface area contributed by atoms with Crippen molar-refractivity contribution in [2.24, 2.45) is 0 Å². The first-order valence-corrected chi connectivity index (χ1v) is 5.18. The fraction of sp³-hybridized carbons (Fsp3) is 0.154. The van der Waals surface area contributed by atoms with Crippen LogP contribution in [0.3, 0.4) is 0 Å². The van der Waals surface area contributed by atoms with Crippen LogP contribution in [0.25, 0.3) is 6.08 Å². The van der Waals surface area contributed by atoms with Gasteiger partial charge in [0.25, 0.3) is 0 Å². The molecule has 0 unspecified atom stereocenters. The lowest BCUT2D eigenvalue weighted by Gasteiger charge is -2.03. The minimum atomic E-state index is -0.175. The van der Waals surface area contributed by atoms with Gasteiger partial charge < -0.3 is 4.57 Å². The molecule has 0 amide bonds. The summed E-state index contributed by atoms with van der Waals surface area (Å²) in [5, 5.41) is 10.3. The van der Waals surface area contributed by atoms with Gasteiger partial charge in [-0.3, -0.25) is 0 Å². The summed E-state index contributed by atoms with van der Waals surface area (Å²) in [6.07, 6.45) is 8.96. The van der Waals surface area contributed by atoms with Gasteiger partial charge in [-0.1, -0.05) is 30.4 Å². The molecule has 2 rings (SSSR count). The lowest BCUT2D eigenvalue weighted by atomic mass is 10.1. The summed E-state index contributed by atoms with van der Waals surface area (Å²) >= 11 is 0. The first-order chi connectivity index (χ1) is 7.88. The van der Waals surface area contributed by atoms with E-state index in [1.165, 1.54) is 5.56 Å². The Kier molecular flexibility index (Phi) is 3.51. The second-order valence-corrected chi connectivity index (χ2v) is 3.55. The highest BCUT2D eigenvalue weighted by Crippen LogP contribution is 2.08. The highest BCUT2D eigenvalue weighted by atomic mass is 16.2. The topological polar surface area (TPSA) is 37.7 Å². The van der Waals surface area contributed by atoms with Crippen LogP contribution in [-0.2, 0) is 11.7 Å². The van der Waals surface area contributed by atoms with Gasteiger partial charge >= 0.3 is 0 Å². The third-order valence-electron chi connectivity index (χ3n) is 2.28. The molecule has 1 radical (unpaired) electrons. The highest BCUT2D eigenvalue weighted by molar-refractivity contribution is 5.50. The first-order valence-electron chi connectivity index (χ1n) is 5.18. The fourth-order valence-electron chi connectivity index (χ4n) is 1.57. The van der Waals surface area contributed by atoms with Crippen molar-refractivity contribution in [3.63, 3.8) is 0 Å². The van der Waals surface area contributed by atoms with Gasteiger partial charge in [0.1, 0.15) is 6.61 Å². The SMILES string of the molecule is [O]C/C=C/c1cccc(Cn2ccnc2)c1. The monoisotopic (exact) mass is 213 g/mol. The predicted molar refractivity (Wildman–Crippen MR) is 62.4 cm³/mol. The van der Waals surface area contributed by atoms with Gasteiger partial charge in [-0.15, -0.1) is 0 Å². The third kappa shape index (κ3) is 2.81. The maximum absolute atomic E-state index is 10.3. The van der Waals surface area contributed by atoms with Crippen molar-refractivity contribution < 1.29 is 5.11 Å². The van der Waals surface area contributed by atoms with E-state index < -0.39 is 0 Å². The number of hydrogen-bond donors (Lipinski definition) is 0. The minimum Gasteiger partial charge on any atom is -0.333 e. The molecule has 1 aromatic heterocycles. The molecule has 0 aliphatic rings. The maximum atomic E-state index is 10.3. The van der Waals surface area contributed by atoms with E-state index in [0.717, 1.165) is 12.1 Å². The van der Waals surface area contributed by atoms with Crippen LogP contribution in [0.5, 0.6) is 0 Å². The molecule has 0 atom stereocenters. The van der Waals surface area contributed by atoms with Gasteiger partial charge in [-0.2, -0.15) is 0 Å². The standard InChI is InChI=1S/C13H13N2O/c16-8-2-5-12-3-1-4-13(9-12)10-15-7-6-14-11-15/h1-7,9,11H,8,10H2/b5-2+. The summed E-state index contributed by atoms with van der Waals surface area (Å²) in [7, 11) is 0. The smallest absolute Gasteiger partial charge is 0.101 e. The predicted octanol–water partition coefficient (Wildman–Crippen LogP) is 2.38. The number of benzene rings is 1. The minimum absolute atomic E-state index is 0.175. The van der Waals surface area contributed by atoms with Crippen LogP contribution < -0.4 is 0 Å². The van der Waals surface area contributed by atoms with Gasteiger partial charge in [0.2, 0.25) is 0 Å². The Hall–Kier alpha value is -1.87. The molecule has 1 heterocycles. The molecule has 0 N–H and O–H groups in total. The van der Waals surface area contributed by atoms with E-state index in [1.807, 2.05) is 29.0 Å². The summed E-state index contributed by atoms with van der Waals surface area (Å²) in [5.41, 5.74) is 2.26. The van der Waals surface area contributed by atoms with Crippen molar-refractivity contribution in [1.29, 1.82) is 0 Å². The molecule has 0 spiro atoms. The Balaban J connectivity index is 2.13. The lowest BCUT2D eigenvalue weighted by molar-refractivity contribution is 0.233. The van der Waals surface area contributed by atoms with Gasteiger partial charge in [-0.05, 0) is 17.2 Å². The lowest BCUT2D eigenvalue weighted by Crippen LogP contribution is -1.96. The molecule has 81 valence electrons. The Bertz CT molecular complexity index is 461. The summed E-state index contributed by atoms with van der Waals surface area (Å²) in [6, 6.07) is 8.13. The van der Waals surface area contributed by atoms with E-state index in [2.05, 4.69) is 17.1 Å². The Morgan fingerprint density at radius 3 is 3.06 bits per heavy atom. The van der Waals surface area contributed by atoms with Crippen LogP contribution in [0.4, 0.5) is 0 Å². The van der Waals surface area contributed by atoms with E-state index in [0.29, 0.717) is 0 Å². The largest absolute Gasteiger partial charge is 0.333 e. The van der Waals surface area contributed by atoms with Crippen molar-refractivity contribution in [3.05, 3.63) is 60.2 Å². The Morgan fingerprint density at radius 1 is 1.38 bits per heavy atom. The molecule has 3 heteroatoms. The van der Waals surface area contributed by atoms with E-state index in [9.17, 15) is 5.11 Å². The molecule has 0 aliphatic carbocycles. The third-order valence-corrected chi connectivity index (χ3v) is 2.28. The molecule has 0 aliphatic heterocycles. The fourth-order valence-corrected chi connectivity index (χ4v) is 1.57. The van der Waals surface area contributed by atoms with Gasteiger partial charge in [0.15, 0.2) is 0 Å². The van der Waals surface area contributed by atoms with Crippen LogP contribution in [0.2, 0.25) is 0 Å². The van der Waals surface area contributed by atoms with Crippen molar-refractivity contribution in [2.45, 2.75) is 6.54 Å². The Morgan fingerprint density at radius 2 is 2.31 bits per heavy atom. The van der Waals surface area contributed by atoms with Crippen LogP contribution in [-0.4, -0.2) is 16.2 Å². The zero-order valence-corrected chi connectivity index (χ0v) is 8.91. The molecular formula is C13H13N2O. The molecular weight excluding hydrogens is 200 g/mol. The van der Waals surface area contributed by atoms with Crippen LogP contribution in [0.1, 0.15) is 11.1 Å². The number of imidazole rings is 1. The molecule has 0 bridgehead atoms. The molecule has 3 nitrogen and oxygen atoms in total. The molecule has 2 aromatic rings. The average Bonchev–Trinajstić information content (AvgIpc) is 2.80. The summed E-state index contributed by atoms with van der Waals surface area (Å²) in [6.45, 7) is 0.630. The second-order valence-electron chi connectivity index (χ2n) is 3.55. The molecule has 16 heavy (non-hydrogen) atoms. The Labute approximate surface area is 94.7 Å². The molecule has 0 fully saturated rings. The first kappa shape index (κ1) is 10.6. The van der Waals surface area contributed by atoms with Gasteiger partial charge in [0.05, 0.1) is 6.33 Å². The van der Waals surface area contributed by atoms with E-state index in [-0.39, 0.29) is 6.61 Å². The maximum Gasteiger partial charge on any atom is 0.101 e. The summed E-state index contributed by atoms with van der Waals surface area (Å²) in [5.74, 6) is 0. The van der Waals surface area contributed by atoms with Crippen molar-refractivity contribution in [3.8, 4) is 0 Å². The van der Waals surface area contributed by atoms with Crippen LogP contribution in [0.15, 0.2) is 49.1 Å². The van der Waals surface area contributed by atoms with Gasteiger partial charge in [0, 0.05) is 18.9 Å². The number of aromatic nitrogens is 2. The summed E-state index contributed by atoms with van der Waals surface area (Å²) in [4.78, 5) is 4.00. The van der Waals surface area contributed by atoms with Crippen LogP contribution >= 0.6 is 0 Å². The summed E-state index contributed by atoms with van der Waals surface area (Å²) < 4.78 is 2.01. The molecule has 1 aromatic carbocycles. The van der Waals surface area contributed by atoms with Crippen molar-refractivity contribution >= 4 is 6.08 Å². The van der Waals surface area contributed by atoms with E-state index in [4.69, 9.17) is 0 Å². The van der Waals surface area contributed by atoms with Crippen molar-refractivity contribution in [2.75, 3.05) is 6.61 Å². The second kappa shape index (κ2) is 5.28. The van der Waals surface area contributed by atoms with E-state index in [1.54, 1.807) is 18.6 Å². The number of hydrogen-bond acceptors (Lipinski definition) is 1. The zero-order valence-electron chi connectivity index (χ0n) is 8.91. The van der Waals surface area contributed by atoms with Crippen molar-refractivity contribution in [1.82, 2.24) is 9.55 Å². The quantitative estimate of drug-likeness (QED) is 0.768. The molecule has 0 saturated heterocycles. The van der Waals surface area contributed by atoms with E-state index >= 15 is 0 Å². The average molecular weight is 213 g/mol. The normalized spacial score (nSPS) is 11.1. The van der Waals surface area contributed by atoms with Crippen LogP contribution in [0, 0.1) is 0 Å². The highest BCUT2D eigenvalue weighted by Gasteiger charge is 1.95. The number of nitrogens with zero attached hydrogens (tertiary/aromatic N) is 2. The van der Waals surface area contributed by atoms with Gasteiger partial charge in [-0.25, -0.2) is 10.1 Å².